The lowest BCUT2D eigenvalue weighted by atomic mass is 10.2. The molecule has 0 aliphatic heterocycles. The van der Waals surface area contributed by atoms with Crippen LogP contribution in [0.1, 0.15) is 18.6 Å². The Hall–Kier alpha value is -0.740. The molecule has 0 fully saturated rings. The first-order valence-corrected chi connectivity index (χ1v) is 4.83. The highest BCUT2D eigenvalue weighted by Gasteiger charge is 2.06. The molecular weight excluding hydrogens is 174 g/mol. The van der Waals surface area contributed by atoms with E-state index in [0.29, 0.717) is 0 Å². The number of rotatable bonds is 2. The largest absolute Gasteiger partial charge is 0.389 e. The van der Waals surface area contributed by atoms with E-state index in [1.165, 1.54) is 17.8 Å². The Bertz CT molecular complexity index is 319. The van der Waals surface area contributed by atoms with Crippen LogP contribution in [-0.2, 0) is 0 Å². The second kappa shape index (κ2) is 3.78. The van der Waals surface area contributed by atoms with Crippen molar-refractivity contribution in [1.82, 2.24) is 4.98 Å². The highest BCUT2D eigenvalue weighted by atomic mass is 32.2. The number of aromatic amines is 1. The summed E-state index contributed by atoms with van der Waals surface area (Å²) >= 11 is 1.42. The minimum Gasteiger partial charge on any atom is -0.389 e. The van der Waals surface area contributed by atoms with Crippen molar-refractivity contribution >= 4 is 11.8 Å². The van der Waals surface area contributed by atoms with Gasteiger partial charge >= 0.3 is 0 Å². The first-order chi connectivity index (χ1) is 5.65. The van der Waals surface area contributed by atoms with Gasteiger partial charge in [0.2, 0.25) is 5.56 Å². The van der Waals surface area contributed by atoms with Gasteiger partial charge in [-0.1, -0.05) is 0 Å². The molecule has 0 saturated carbocycles. The highest BCUT2D eigenvalue weighted by molar-refractivity contribution is 7.98. The third-order valence-corrected chi connectivity index (χ3v) is 2.31. The van der Waals surface area contributed by atoms with Gasteiger partial charge in [0, 0.05) is 11.6 Å². The molecule has 12 heavy (non-hydrogen) atoms. The Kier molecular flexibility index (Phi) is 2.94. The van der Waals surface area contributed by atoms with Crippen molar-refractivity contribution in [2.75, 3.05) is 6.26 Å². The van der Waals surface area contributed by atoms with E-state index in [2.05, 4.69) is 4.98 Å². The van der Waals surface area contributed by atoms with Crippen molar-refractivity contribution in [3.63, 3.8) is 0 Å². The molecule has 0 amide bonds. The molecule has 0 saturated heterocycles. The summed E-state index contributed by atoms with van der Waals surface area (Å²) in [5.74, 6) is 0. The number of aliphatic hydroxyl groups excluding tert-OH is 1. The molecule has 1 rings (SSSR count). The van der Waals surface area contributed by atoms with Gasteiger partial charge in [-0.2, -0.15) is 0 Å². The summed E-state index contributed by atoms with van der Waals surface area (Å²) in [4.78, 5) is 13.5. The zero-order valence-electron chi connectivity index (χ0n) is 7.00. The average Bonchev–Trinajstić information content (AvgIpc) is 2.03. The van der Waals surface area contributed by atoms with Crippen molar-refractivity contribution in [3.8, 4) is 0 Å². The van der Waals surface area contributed by atoms with Crippen LogP contribution in [-0.4, -0.2) is 16.3 Å². The minimum atomic E-state index is -0.538. The smallest absolute Gasteiger partial charge is 0.248 e. The summed E-state index contributed by atoms with van der Waals surface area (Å²) in [7, 11) is 0. The third-order valence-electron chi connectivity index (χ3n) is 1.57. The molecule has 0 aliphatic rings. The van der Waals surface area contributed by atoms with E-state index in [-0.39, 0.29) is 5.56 Å². The van der Waals surface area contributed by atoms with Crippen LogP contribution >= 0.6 is 11.8 Å². The van der Waals surface area contributed by atoms with Gasteiger partial charge in [-0.3, -0.25) is 4.79 Å². The van der Waals surface area contributed by atoms with Crippen LogP contribution in [0.4, 0.5) is 0 Å². The second-order valence-corrected chi connectivity index (χ2v) is 3.30. The normalized spacial score (nSPS) is 12.9. The summed E-state index contributed by atoms with van der Waals surface area (Å²) < 4.78 is 0. The maximum atomic E-state index is 10.9. The number of aromatic nitrogens is 1. The summed E-state index contributed by atoms with van der Waals surface area (Å²) in [5, 5.41) is 10.0. The maximum Gasteiger partial charge on any atom is 0.248 e. The van der Waals surface area contributed by atoms with Crippen LogP contribution in [0, 0.1) is 0 Å². The van der Waals surface area contributed by atoms with Gasteiger partial charge in [0.05, 0.1) is 11.1 Å². The Labute approximate surface area is 74.8 Å². The molecule has 1 unspecified atom stereocenters. The van der Waals surface area contributed by atoms with Gasteiger partial charge in [-0.05, 0) is 19.2 Å². The van der Waals surface area contributed by atoms with E-state index < -0.39 is 6.10 Å². The van der Waals surface area contributed by atoms with E-state index in [9.17, 15) is 9.90 Å². The average molecular weight is 185 g/mol. The molecule has 1 aromatic heterocycles. The van der Waals surface area contributed by atoms with Gasteiger partial charge in [0.15, 0.2) is 0 Å². The number of hydrogen-bond acceptors (Lipinski definition) is 3. The lowest BCUT2D eigenvalue weighted by molar-refractivity contribution is 0.195. The molecule has 0 bridgehead atoms. The molecule has 0 spiro atoms. The lowest BCUT2D eigenvalue weighted by Gasteiger charge is -2.08. The van der Waals surface area contributed by atoms with Gasteiger partial charge in [-0.15, -0.1) is 11.8 Å². The first-order valence-electron chi connectivity index (χ1n) is 3.60. The quantitative estimate of drug-likeness (QED) is 0.679. The van der Waals surface area contributed by atoms with Gasteiger partial charge < -0.3 is 10.1 Å². The predicted octanol–water partition coefficient (Wildman–Crippen LogP) is 1.15. The first kappa shape index (κ1) is 9.35. The molecular formula is C8H11NO2S. The molecule has 1 aromatic rings. The molecule has 0 aliphatic carbocycles. The van der Waals surface area contributed by atoms with Crippen molar-refractivity contribution in [3.05, 3.63) is 28.0 Å². The van der Waals surface area contributed by atoms with Crippen LogP contribution in [0.3, 0.4) is 0 Å². The van der Waals surface area contributed by atoms with Gasteiger partial charge in [-0.25, -0.2) is 0 Å². The number of H-pyrrole nitrogens is 1. The molecule has 0 radical (unpaired) electrons. The summed E-state index contributed by atoms with van der Waals surface area (Å²) in [5.41, 5.74) is 0.630. The lowest BCUT2D eigenvalue weighted by Crippen LogP contribution is -2.08. The van der Waals surface area contributed by atoms with Crippen LogP contribution in [0.15, 0.2) is 22.0 Å². The fourth-order valence-electron chi connectivity index (χ4n) is 0.965. The van der Waals surface area contributed by atoms with Crippen LogP contribution in [0.25, 0.3) is 0 Å². The Morgan fingerprint density at radius 2 is 2.25 bits per heavy atom. The van der Waals surface area contributed by atoms with Crippen LogP contribution in [0.2, 0.25) is 0 Å². The molecule has 4 heteroatoms. The summed E-state index contributed by atoms with van der Waals surface area (Å²) in [6.45, 7) is 1.67. The van der Waals surface area contributed by atoms with Gasteiger partial charge in [0.1, 0.15) is 0 Å². The van der Waals surface area contributed by atoms with E-state index in [1.54, 1.807) is 13.0 Å². The number of thioether (sulfide) groups is 1. The van der Waals surface area contributed by atoms with E-state index in [4.69, 9.17) is 0 Å². The number of aliphatic hydroxyl groups is 1. The zero-order chi connectivity index (χ0) is 9.14. The fourth-order valence-corrected chi connectivity index (χ4v) is 1.64. The minimum absolute atomic E-state index is 0.135. The van der Waals surface area contributed by atoms with Crippen LogP contribution < -0.4 is 5.56 Å². The molecule has 1 atom stereocenters. The van der Waals surface area contributed by atoms with Crippen molar-refractivity contribution in [1.29, 1.82) is 0 Å². The maximum absolute atomic E-state index is 10.9. The molecule has 3 nitrogen and oxygen atoms in total. The van der Waals surface area contributed by atoms with Crippen LogP contribution in [0.5, 0.6) is 0 Å². The number of hydrogen-bond donors (Lipinski definition) is 2. The second-order valence-electron chi connectivity index (χ2n) is 2.49. The molecule has 0 aromatic carbocycles. The fraction of sp³-hybridized carbons (Fsp3) is 0.375. The molecule has 2 N–H and O–H groups in total. The van der Waals surface area contributed by atoms with E-state index in [1.807, 2.05) is 6.26 Å². The standard InChI is InChI=1S/C8H11NO2S/c1-5(10)6-3-4-7(11)9-8(6)12-2/h3-5,10H,1-2H3,(H,9,11). The number of nitrogens with one attached hydrogen (secondary N) is 1. The van der Waals surface area contributed by atoms with Gasteiger partial charge in [0.25, 0.3) is 0 Å². The summed E-state index contributed by atoms with van der Waals surface area (Å²) in [6, 6.07) is 3.07. The molecule has 66 valence electrons. The third kappa shape index (κ3) is 1.89. The topological polar surface area (TPSA) is 53.1 Å². The van der Waals surface area contributed by atoms with E-state index in [0.717, 1.165) is 10.6 Å². The SMILES string of the molecule is CSc1[nH]c(=O)ccc1C(C)O. The Morgan fingerprint density at radius 1 is 1.58 bits per heavy atom. The van der Waals surface area contributed by atoms with Crippen molar-refractivity contribution in [2.45, 2.75) is 18.1 Å². The monoisotopic (exact) mass is 185 g/mol. The zero-order valence-corrected chi connectivity index (χ0v) is 7.81. The summed E-state index contributed by atoms with van der Waals surface area (Å²) in [6.07, 6.45) is 1.32. The van der Waals surface area contributed by atoms with Crippen molar-refractivity contribution < 1.29 is 5.11 Å². The highest BCUT2D eigenvalue weighted by Crippen LogP contribution is 2.21. The molecule has 1 heterocycles. The van der Waals surface area contributed by atoms with E-state index >= 15 is 0 Å². The predicted molar refractivity (Wildman–Crippen MR) is 49.5 cm³/mol. The number of pyridine rings is 1. The Morgan fingerprint density at radius 3 is 2.75 bits per heavy atom. The van der Waals surface area contributed by atoms with Crippen molar-refractivity contribution in [2.24, 2.45) is 0 Å². The Balaban J connectivity index is 3.20.